The molecule has 1 aliphatic heterocycles. The van der Waals surface area contributed by atoms with E-state index in [2.05, 4.69) is 0 Å². The predicted molar refractivity (Wildman–Crippen MR) is 59.3 cm³/mol. The Morgan fingerprint density at radius 2 is 2.13 bits per heavy atom. The third kappa shape index (κ3) is 3.18. The number of β-amino-alcohol motifs (C(OH)–C–C–N with tert-alkyl or cyclic N) is 1. The minimum absolute atomic E-state index is 0.0405. The lowest BCUT2D eigenvalue weighted by Crippen LogP contribution is -2.53. The fraction of sp³-hybridized carbons (Fsp3) is 0.909. The van der Waals surface area contributed by atoms with E-state index in [4.69, 9.17) is 5.73 Å². The van der Waals surface area contributed by atoms with Gasteiger partial charge in [0.25, 0.3) is 0 Å². The fourth-order valence-electron chi connectivity index (χ4n) is 1.72. The molecule has 0 aliphatic carbocycles. The zero-order chi connectivity index (χ0) is 11.6. The van der Waals surface area contributed by atoms with Gasteiger partial charge >= 0.3 is 0 Å². The highest BCUT2D eigenvalue weighted by Crippen LogP contribution is 2.20. The number of rotatable bonds is 1. The average molecular weight is 214 g/mol. The molecule has 1 saturated heterocycles. The Kier molecular flexibility index (Phi) is 3.73. The van der Waals surface area contributed by atoms with E-state index >= 15 is 0 Å². The molecule has 4 heteroatoms. The third-order valence-corrected chi connectivity index (χ3v) is 2.91. The molecular formula is C11H22N2O2. The predicted octanol–water partition coefficient (Wildman–Crippen LogP) is 0.343. The Labute approximate surface area is 91.4 Å². The summed E-state index contributed by atoms with van der Waals surface area (Å²) in [5.41, 5.74) is 5.67. The average Bonchev–Trinajstić information content (AvgIpc) is 2.14. The summed E-state index contributed by atoms with van der Waals surface area (Å²) in [5.74, 6) is -0.0405. The van der Waals surface area contributed by atoms with E-state index in [1.807, 2.05) is 20.8 Å². The molecule has 0 spiro atoms. The van der Waals surface area contributed by atoms with Gasteiger partial charge in [-0.2, -0.15) is 0 Å². The number of nitrogens with zero attached hydrogens (tertiary/aromatic N) is 1. The molecule has 1 fully saturated rings. The number of carbonyl (C=O) groups excluding carboxylic acids is 1. The van der Waals surface area contributed by atoms with Crippen LogP contribution in [-0.2, 0) is 4.79 Å². The largest absolute Gasteiger partial charge is 0.391 e. The van der Waals surface area contributed by atoms with Gasteiger partial charge in [-0.25, -0.2) is 0 Å². The van der Waals surface area contributed by atoms with Crippen molar-refractivity contribution in [2.24, 2.45) is 11.1 Å². The molecular weight excluding hydrogens is 192 g/mol. The summed E-state index contributed by atoms with van der Waals surface area (Å²) < 4.78 is 0. The molecule has 15 heavy (non-hydrogen) atoms. The number of piperidine rings is 1. The highest BCUT2D eigenvalue weighted by molar-refractivity contribution is 5.82. The van der Waals surface area contributed by atoms with Gasteiger partial charge in [0, 0.05) is 13.1 Å². The number of amides is 1. The molecule has 1 rings (SSSR count). The second-order valence-electron chi connectivity index (χ2n) is 5.42. The Hall–Kier alpha value is -0.610. The van der Waals surface area contributed by atoms with E-state index in [0.717, 1.165) is 19.4 Å². The minimum Gasteiger partial charge on any atom is -0.391 e. The van der Waals surface area contributed by atoms with Crippen LogP contribution in [0.25, 0.3) is 0 Å². The zero-order valence-corrected chi connectivity index (χ0v) is 9.86. The van der Waals surface area contributed by atoms with Gasteiger partial charge in [-0.15, -0.1) is 0 Å². The number of hydrogen-bond acceptors (Lipinski definition) is 3. The van der Waals surface area contributed by atoms with Crippen LogP contribution in [0.4, 0.5) is 0 Å². The maximum atomic E-state index is 12.0. The molecule has 2 atom stereocenters. The van der Waals surface area contributed by atoms with Crippen LogP contribution in [-0.4, -0.2) is 41.1 Å². The van der Waals surface area contributed by atoms with Gasteiger partial charge in [-0.3, -0.25) is 4.79 Å². The molecule has 4 nitrogen and oxygen atoms in total. The summed E-state index contributed by atoms with van der Waals surface area (Å²) >= 11 is 0. The molecule has 88 valence electrons. The molecule has 2 unspecified atom stereocenters. The van der Waals surface area contributed by atoms with Gasteiger partial charge in [-0.1, -0.05) is 20.8 Å². The topological polar surface area (TPSA) is 66.6 Å². The van der Waals surface area contributed by atoms with Crippen LogP contribution in [0.5, 0.6) is 0 Å². The van der Waals surface area contributed by atoms with Crippen molar-refractivity contribution in [2.75, 3.05) is 13.1 Å². The summed E-state index contributed by atoms with van der Waals surface area (Å²) in [4.78, 5) is 13.7. The fourth-order valence-corrected chi connectivity index (χ4v) is 1.72. The van der Waals surface area contributed by atoms with Gasteiger partial charge < -0.3 is 15.7 Å². The van der Waals surface area contributed by atoms with E-state index in [9.17, 15) is 9.90 Å². The highest BCUT2D eigenvalue weighted by Gasteiger charge is 2.32. The van der Waals surface area contributed by atoms with Crippen molar-refractivity contribution < 1.29 is 9.90 Å². The van der Waals surface area contributed by atoms with Crippen molar-refractivity contribution in [2.45, 2.75) is 45.8 Å². The Morgan fingerprint density at radius 1 is 1.53 bits per heavy atom. The van der Waals surface area contributed by atoms with Crippen LogP contribution in [0.1, 0.15) is 33.6 Å². The summed E-state index contributed by atoms with van der Waals surface area (Å²) in [5, 5.41) is 9.48. The Balaban J connectivity index is 2.60. The van der Waals surface area contributed by atoms with Crippen LogP contribution < -0.4 is 5.73 Å². The SMILES string of the molecule is CC(C)(C)C(N)C(=O)N1CCCC(O)C1. The van der Waals surface area contributed by atoms with Gasteiger partial charge in [0.05, 0.1) is 12.1 Å². The summed E-state index contributed by atoms with van der Waals surface area (Å²) in [6.45, 7) is 7.02. The van der Waals surface area contributed by atoms with E-state index in [1.54, 1.807) is 4.90 Å². The molecule has 1 aliphatic rings. The Morgan fingerprint density at radius 3 is 2.60 bits per heavy atom. The monoisotopic (exact) mass is 214 g/mol. The lowest BCUT2D eigenvalue weighted by atomic mass is 9.86. The zero-order valence-electron chi connectivity index (χ0n) is 9.86. The van der Waals surface area contributed by atoms with Crippen LogP contribution in [0, 0.1) is 5.41 Å². The quantitative estimate of drug-likeness (QED) is 0.661. The third-order valence-electron chi connectivity index (χ3n) is 2.91. The highest BCUT2D eigenvalue weighted by atomic mass is 16.3. The van der Waals surface area contributed by atoms with Gasteiger partial charge in [-0.05, 0) is 18.3 Å². The summed E-state index contributed by atoms with van der Waals surface area (Å²) in [7, 11) is 0. The number of carbonyl (C=O) groups is 1. The maximum Gasteiger partial charge on any atom is 0.240 e. The molecule has 0 saturated carbocycles. The van der Waals surface area contributed by atoms with Crippen molar-refractivity contribution in [3.05, 3.63) is 0 Å². The number of aliphatic hydroxyl groups is 1. The van der Waals surface area contributed by atoms with Crippen molar-refractivity contribution >= 4 is 5.91 Å². The number of aliphatic hydroxyl groups excluding tert-OH is 1. The van der Waals surface area contributed by atoms with E-state index < -0.39 is 6.04 Å². The van der Waals surface area contributed by atoms with E-state index in [-0.39, 0.29) is 17.4 Å². The molecule has 3 N–H and O–H groups in total. The molecule has 0 aromatic carbocycles. The van der Waals surface area contributed by atoms with Gasteiger partial charge in [0.15, 0.2) is 0 Å². The van der Waals surface area contributed by atoms with Crippen LogP contribution in [0.15, 0.2) is 0 Å². The number of likely N-dealkylation sites (tertiary alicyclic amines) is 1. The smallest absolute Gasteiger partial charge is 0.240 e. The van der Waals surface area contributed by atoms with E-state index in [0.29, 0.717) is 6.54 Å². The standard InChI is InChI=1S/C11H22N2O2/c1-11(2,3)9(12)10(15)13-6-4-5-8(14)7-13/h8-9,14H,4-7,12H2,1-3H3. The molecule has 0 radical (unpaired) electrons. The second kappa shape index (κ2) is 4.49. The van der Waals surface area contributed by atoms with Gasteiger partial charge in [0.1, 0.15) is 0 Å². The van der Waals surface area contributed by atoms with Crippen LogP contribution in [0.3, 0.4) is 0 Å². The lowest BCUT2D eigenvalue weighted by Gasteiger charge is -2.35. The number of nitrogens with two attached hydrogens (primary N) is 1. The summed E-state index contributed by atoms with van der Waals surface area (Å²) in [6.07, 6.45) is 1.27. The first kappa shape index (κ1) is 12.5. The van der Waals surface area contributed by atoms with E-state index in [1.165, 1.54) is 0 Å². The first-order valence-corrected chi connectivity index (χ1v) is 5.55. The van der Waals surface area contributed by atoms with Crippen molar-refractivity contribution in [3.8, 4) is 0 Å². The van der Waals surface area contributed by atoms with Gasteiger partial charge in [0.2, 0.25) is 5.91 Å². The number of hydrogen-bond donors (Lipinski definition) is 2. The molecule has 1 heterocycles. The normalized spacial score (nSPS) is 25.1. The molecule has 0 aromatic heterocycles. The first-order chi connectivity index (χ1) is 6.82. The maximum absolute atomic E-state index is 12.0. The minimum atomic E-state index is -0.484. The summed E-state index contributed by atoms with van der Waals surface area (Å²) in [6, 6.07) is -0.484. The van der Waals surface area contributed by atoms with Crippen molar-refractivity contribution in [3.63, 3.8) is 0 Å². The van der Waals surface area contributed by atoms with Crippen molar-refractivity contribution in [1.29, 1.82) is 0 Å². The first-order valence-electron chi connectivity index (χ1n) is 5.55. The lowest BCUT2D eigenvalue weighted by molar-refractivity contribution is -0.138. The Bertz CT molecular complexity index is 235. The van der Waals surface area contributed by atoms with Crippen molar-refractivity contribution in [1.82, 2.24) is 4.90 Å². The van der Waals surface area contributed by atoms with Crippen LogP contribution in [0.2, 0.25) is 0 Å². The molecule has 0 aromatic rings. The van der Waals surface area contributed by atoms with Crippen LogP contribution >= 0.6 is 0 Å². The second-order valence-corrected chi connectivity index (χ2v) is 5.42. The molecule has 1 amide bonds. The molecule has 0 bridgehead atoms.